The molecule has 2 saturated carbocycles. The quantitative estimate of drug-likeness (QED) is 0.365. The predicted octanol–water partition coefficient (Wildman–Crippen LogP) is 7.00. The van der Waals surface area contributed by atoms with E-state index in [4.69, 9.17) is 0 Å². The Bertz CT molecular complexity index is 1150. The highest BCUT2D eigenvalue weighted by Crippen LogP contribution is 2.67. The smallest absolute Gasteiger partial charge is 0.258 e. The van der Waals surface area contributed by atoms with Gasteiger partial charge in [-0.3, -0.25) is 10.1 Å². The number of non-ortho nitro benzene ring substituents is 1. The van der Waals surface area contributed by atoms with Gasteiger partial charge in [0.2, 0.25) is 0 Å². The van der Waals surface area contributed by atoms with Crippen LogP contribution in [0, 0.1) is 27.9 Å². The number of halogens is 3. The monoisotopic (exact) mass is 425 g/mol. The first-order chi connectivity index (χ1) is 14.8. The molecule has 6 rings (SSSR count). The molecule has 2 bridgehead atoms. The van der Waals surface area contributed by atoms with E-state index in [1.807, 2.05) is 6.07 Å². The first-order valence-corrected chi connectivity index (χ1v) is 11.1. The van der Waals surface area contributed by atoms with Gasteiger partial charge < -0.3 is 0 Å². The fraction of sp³-hybridized carbons (Fsp3) is 0.440. The fourth-order valence-corrected chi connectivity index (χ4v) is 7.13. The summed E-state index contributed by atoms with van der Waals surface area (Å²) in [5.74, 6) is 1.35. The van der Waals surface area contributed by atoms with E-state index in [1.54, 1.807) is 12.1 Å². The zero-order chi connectivity index (χ0) is 21.5. The molecule has 0 spiro atoms. The first kappa shape index (κ1) is 19.1. The second-order valence-corrected chi connectivity index (χ2v) is 9.50. The zero-order valence-electron chi connectivity index (χ0n) is 16.9. The van der Waals surface area contributed by atoms with Gasteiger partial charge in [0.25, 0.3) is 5.69 Å². The predicted molar refractivity (Wildman–Crippen MR) is 111 cm³/mol. The summed E-state index contributed by atoms with van der Waals surface area (Å²) in [7, 11) is 0. The van der Waals surface area contributed by atoms with Gasteiger partial charge in [-0.05, 0) is 108 Å². The SMILES string of the molecule is O=[N+]([O-])c1ccc2c(c1)C1C(/C2=C2/CCCc3cccc(C(F)(F)F)c32)[C@H]2CC[C@@H]1C2. The van der Waals surface area contributed by atoms with Crippen LogP contribution in [0.25, 0.3) is 11.1 Å². The van der Waals surface area contributed by atoms with Crippen molar-refractivity contribution in [3.05, 3.63) is 74.3 Å². The third-order valence-corrected chi connectivity index (χ3v) is 8.10. The van der Waals surface area contributed by atoms with Crippen molar-refractivity contribution in [2.75, 3.05) is 0 Å². The van der Waals surface area contributed by atoms with Crippen LogP contribution in [-0.4, -0.2) is 4.92 Å². The molecule has 2 unspecified atom stereocenters. The van der Waals surface area contributed by atoms with Gasteiger partial charge in [0.05, 0.1) is 10.5 Å². The Morgan fingerprint density at radius 2 is 1.77 bits per heavy atom. The minimum Gasteiger partial charge on any atom is -0.258 e. The first-order valence-electron chi connectivity index (χ1n) is 11.1. The molecule has 0 aliphatic heterocycles. The molecule has 0 amide bonds. The maximum Gasteiger partial charge on any atom is 0.417 e. The zero-order valence-corrected chi connectivity index (χ0v) is 16.9. The van der Waals surface area contributed by atoms with Gasteiger partial charge in [-0.15, -0.1) is 0 Å². The lowest BCUT2D eigenvalue weighted by Gasteiger charge is -2.30. The number of rotatable bonds is 1. The van der Waals surface area contributed by atoms with E-state index in [0.29, 0.717) is 30.2 Å². The van der Waals surface area contributed by atoms with E-state index in [0.717, 1.165) is 53.5 Å². The molecule has 4 aliphatic carbocycles. The van der Waals surface area contributed by atoms with Crippen molar-refractivity contribution in [1.82, 2.24) is 0 Å². The molecular weight excluding hydrogens is 403 g/mol. The van der Waals surface area contributed by atoms with E-state index in [-0.39, 0.29) is 22.4 Å². The van der Waals surface area contributed by atoms with Crippen molar-refractivity contribution in [3.8, 4) is 0 Å². The Morgan fingerprint density at radius 1 is 1.00 bits per heavy atom. The van der Waals surface area contributed by atoms with Gasteiger partial charge in [-0.25, -0.2) is 0 Å². The Morgan fingerprint density at radius 3 is 2.52 bits per heavy atom. The van der Waals surface area contributed by atoms with Gasteiger partial charge >= 0.3 is 6.18 Å². The minimum atomic E-state index is -4.40. The molecule has 2 fully saturated rings. The fourth-order valence-electron chi connectivity index (χ4n) is 7.13. The Hall–Kier alpha value is -2.63. The second-order valence-electron chi connectivity index (χ2n) is 9.50. The van der Waals surface area contributed by atoms with Gasteiger partial charge in [0.1, 0.15) is 0 Å². The maximum absolute atomic E-state index is 14.0. The second kappa shape index (κ2) is 6.44. The lowest BCUT2D eigenvalue weighted by atomic mass is 9.74. The van der Waals surface area contributed by atoms with E-state index in [2.05, 4.69) is 0 Å². The van der Waals surface area contributed by atoms with Gasteiger partial charge in [0, 0.05) is 12.1 Å². The highest BCUT2D eigenvalue weighted by molar-refractivity contribution is 5.98. The molecule has 0 saturated heterocycles. The summed E-state index contributed by atoms with van der Waals surface area (Å²) in [5.41, 5.74) is 4.53. The van der Waals surface area contributed by atoms with Crippen molar-refractivity contribution in [1.29, 1.82) is 0 Å². The third kappa shape index (κ3) is 2.66. The van der Waals surface area contributed by atoms with Gasteiger partial charge in [-0.2, -0.15) is 13.2 Å². The van der Waals surface area contributed by atoms with Crippen LogP contribution in [0.3, 0.4) is 0 Å². The van der Waals surface area contributed by atoms with Gasteiger partial charge in [-0.1, -0.05) is 12.1 Å². The number of hydrogen-bond acceptors (Lipinski definition) is 2. The van der Waals surface area contributed by atoms with Crippen molar-refractivity contribution < 1.29 is 18.1 Å². The molecule has 4 atom stereocenters. The number of benzene rings is 2. The molecule has 0 N–H and O–H groups in total. The summed E-state index contributed by atoms with van der Waals surface area (Å²) in [5, 5.41) is 11.4. The Balaban J connectivity index is 1.64. The molecular formula is C25H22F3NO2. The molecule has 0 aromatic heterocycles. The van der Waals surface area contributed by atoms with E-state index in [1.165, 1.54) is 18.2 Å². The van der Waals surface area contributed by atoms with Crippen LogP contribution in [-0.2, 0) is 12.6 Å². The van der Waals surface area contributed by atoms with Crippen molar-refractivity contribution in [2.45, 2.75) is 50.6 Å². The van der Waals surface area contributed by atoms with Crippen LogP contribution < -0.4 is 0 Å². The number of nitro groups is 1. The van der Waals surface area contributed by atoms with Crippen molar-refractivity contribution in [2.24, 2.45) is 17.8 Å². The highest BCUT2D eigenvalue weighted by atomic mass is 19.4. The topological polar surface area (TPSA) is 43.1 Å². The molecule has 31 heavy (non-hydrogen) atoms. The number of nitrogens with zero attached hydrogens (tertiary/aromatic N) is 1. The number of allylic oxidation sites excluding steroid dienone is 2. The van der Waals surface area contributed by atoms with Gasteiger partial charge in [0.15, 0.2) is 0 Å². The summed E-state index contributed by atoms with van der Waals surface area (Å²) in [6.07, 6.45) is 1.02. The number of alkyl halides is 3. The average molecular weight is 425 g/mol. The molecule has 2 aromatic carbocycles. The number of nitro benzene ring substituents is 1. The molecule has 0 radical (unpaired) electrons. The van der Waals surface area contributed by atoms with E-state index in [9.17, 15) is 23.3 Å². The third-order valence-electron chi connectivity index (χ3n) is 8.10. The molecule has 3 nitrogen and oxygen atoms in total. The molecule has 6 heteroatoms. The van der Waals surface area contributed by atoms with Crippen LogP contribution in [0.2, 0.25) is 0 Å². The minimum absolute atomic E-state index is 0.0755. The summed E-state index contributed by atoms with van der Waals surface area (Å²) in [4.78, 5) is 11.1. The Labute approximate surface area is 178 Å². The summed E-state index contributed by atoms with van der Waals surface area (Å²) in [6, 6.07) is 9.56. The van der Waals surface area contributed by atoms with Crippen LogP contribution in [0.1, 0.15) is 65.8 Å². The molecule has 0 heterocycles. The largest absolute Gasteiger partial charge is 0.417 e. The summed E-state index contributed by atoms with van der Waals surface area (Å²) >= 11 is 0. The molecule has 4 aliphatic rings. The van der Waals surface area contributed by atoms with Crippen molar-refractivity contribution >= 4 is 16.8 Å². The van der Waals surface area contributed by atoms with E-state index < -0.39 is 11.7 Å². The Kier molecular flexibility index (Phi) is 3.96. The lowest BCUT2D eigenvalue weighted by molar-refractivity contribution is -0.384. The van der Waals surface area contributed by atoms with E-state index >= 15 is 0 Å². The number of fused-ring (bicyclic) bond motifs is 8. The normalized spacial score (nSPS) is 30.8. The standard InChI is InChI=1S/C25H22F3NO2/c26-25(27,28)20-6-2-4-13-3-1-5-18(21(13)20)24-17-10-9-16(29(30)31)12-19(17)22-14-7-8-15(11-14)23(22)24/h2,4,6,9-10,12,14-15,22-23H,1,3,5,7-8,11H2/b24-18-/t14-,15+,22?,23?/m1/s1. The van der Waals surface area contributed by atoms with Crippen LogP contribution >= 0.6 is 0 Å². The average Bonchev–Trinajstić information content (AvgIpc) is 3.43. The molecule has 160 valence electrons. The van der Waals surface area contributed by atoms with Crippen LogP contribution in [0.15, 0.2) is 36.4 Å². The number of aryl methyl sites for hydroxylation is 1. The summed E-state index contributed by atoms with van der Waals surface area (Å²) in [6.45, 7) is 0. The molecule has 2 aromatic rings. The number of hydrogen-bond donors (Lipinski definition) is 0. The highest BCUT2D eigenvalue weighted by Gasteiger charge is 2.55. The van der Waals surface area contributed by atoms with Crippen molar-refractivity contribution in [3.63, 3.8) is 0 Å². The summed E-state index contributed by atoms with van der Waals surface area (Å²) < 4.78 is 42.0. The van der Waals surface area contributed by atoms with Crippen LogP contribution in [0.4, 0.5) is 18.9 Å². The van der Waals surface area contributed by atoms with Crippen LogP contribution in [0.5, 0.6) is 0 Å². The maximum atomic E-state index is 14.0. The lowest BCUT2D eigenvalue weighted by Crippen LogP contribution is -2.19.